The molecule has 0 spiro atoms. The number of halogens is 1. The third kappa shape index (κ3) is 6.07. The van der Waals surface area contributed by atoms with E-state index in [1.54, 1.807) is 23.9 Å². The van der Waals surface area contributed by atoms with Crippen molar-refractivity contribution in [3.05, 3.63) is 28.8 Å². The molecular weight excluding hydrogens is 440 g/mol. The van der Waals surface area contributed by atoms with Crippen molar-refractivity contribution in [3.8, 4) is 0 Å². The van der Waals surface area contributed by atoms with E-state index in [1.165, 1.54) is 24.3 Å². The van der Waals surface area contributed by atoms with E-state index in [0.29, 0.717) is 21.8 Å². The van der Waals surface area contributed by atoms with Crippen LogP contribution in [0, 0.1) is 12.8 Å². The second-order valence-corrected chi connectivity index (χ2v) is 11.2. The number of rotatable bonds is 8. The molecule has 1 aromatic carbocycles. The monoisotopic (exact) mass is 462 g/mol. The van der Waals surface area contributed by atoms with E-state index in [4.69, 9.17) is 11.6 Å². The van der Waals surface area contributed by atoms with Crippen LogP contribution in [-0.2, 0) is 14.8 Å². The van der Waals surface area contributed by atoms with Gasteiger partial charge in [-0.05, 0) is 37.5 Å². The Bertz CT molecular complexity index is 947. The quantitative estimate of drug-likeness (QED) is 0.470. The molecule has 1 atom stereocenters. The van der Waals surface area contributed by atoms with Gasteiger partial charge in [-0.25, -0.2) is 8.42 Å². The van der Waals surface area contributed by atoms with Crippen molar-refractivity contribution in [2.45, 2.75) is 38.1 Å². The van der Waals surface area contributed by atoms with E-state index < -0.39 is 22.0 Å². The van der Waals surface area contributed by atoms with E-state index in [9.17, 15) is 13.2 Å². The first-order chi connectivity index (χ1) is 13.0. The molecule has 0 aliphatic carbocycles. The fourth-order valence-electron chi connectivity index (χ4n) is 2.29. The molecule has 0 saturated heterocycles. The van der Waals surface area contributed by atoms with Crippen molar-refractivity contribution < 1.29 is 13.2 Å². The highest BCUT2D eigenvalue weighted by Crippen LogP contribution is 2.29. The van der Waals surface area contributed by atoms with Crippen LogP contribution >= 0.6 is 34.7 Å². The largest absolute Gasteiger partial charge is 0.299 e. The minimum absolute atomic E-state index is 0.325. The summed E-state index contributed by atoms with van der Waals surface area (Å²) in [5.41, 5.74) is 1.14. The highest BCUT2D eigenvalue weighted by Gasteiger charge is 2.30. The van der Waals surface area contributed by atoms with Crippen LogP contribution < -0.4 is 9.62 Å². The fraction of sp³-hybridized carbons (Fsp3) is 0.471. The Morgan fingerprint density at radius 2 is 2.00 bits per heavy atom. The summed E-state index contributed by atoms with van der Waals surface area (Å²) in [6, 6.07) is 3.87. The van der Waals surface area contributed by atoms with Crippen molar-refractivity contribution in [1.82, 2.24) is 10.2 Å². The molecule has 0 aliphatic rings. The van der Waals surface area contributed by atoms with Gasteiger partial charge < -0.3 is 0 Å². The van der Waals surface area contributed by atoms with E-state index in [1.807, 2.05) is 6.92 Å². The van der Waals surface area contributed by atoms with Gasteiger partial charge in [0.05, 0.1) is 11.9 Å². The van der Waals surface area contributed by atoms with Gasteiger partial charge in [-0.1, -0.05) is 54.6 Å². The Balaban J connectivity index is 2.19. The van der Waals surface area contributed by atoms with Crippen molar-refractivity contribution >= 4 is 61.4 Å². The minimum Gasteiger partial charge on any atom is -0.299 e. The first-order valence-corrected chi connectivity index (χ1v) is 12.5. The Morgan fingerprint density at radius 3 is 2.57 bits per heavy atom. The topological polar surface area (TPSA) is 92.3 Å². The molecule has 0 bridgehead atoms. The lowest BCUT2D eigenvalue weighted by Gasteiger charge is -2.28. The third-order valence-corrected chi connectivity index (χ3v) is 7.72. The first kappa shape index (κ1) is 22.9. The van der Waals surface area contributed by atoms with Gasteiger partial charge in [0.2, 0.25) is 21.1 Å². The Labute approximate surface area is 178 Å². The summed E-state index contributed by atoms with van der Waals surface area (Å²) in [4.78, 5) is 12.7. The highest BCUT2D eigenvalue weighted by molar-refractivity contribution is 8.01. The maximum Gasteiger partial charge on any atom is 0.249 e. The maximum atomic E-state index is 12.7. The normalized spacial score (nSPS) is 12.8. The van der Waals surface area contributed by atoms with Crippen molar-refractivity contribution in [2.24, 2.45) is 5.92 Å². The second-order valence-electron chi connectivity index (χ2n) is 6.74. The maximum absolute atomic E-state index is 12.7. The van der Waals surface area contributed by atoms with Crippen LogP contribution in [0.2, 0.25) is 5.02 Å². The number of sulfonamides is 1. The second kappa shape index (κ2) is 9.43. The number of hydrogen-bond donors (Lipinski definition) is 1. The Morgan fingerprint density at radius 1 is 1.32 bits per heavy atom. The number of amides is 1. The van der Waals surface area contributed by atoms with E-state index in [0.717, 1.165) is 26.2 Å². The zero-order valence-electron chi connectivity index (χ0n) is 16.3. The molecule has 0 saturated carbocycles. The molecule has 154 valence electrons. The van der Waals surface area contributed by atoms with Gasteiger partial charge in [0.15, 0.2) is 4.34 Å². The third-order valence-electron chi connectivity index (χ3n) is 3.68. The lowest BCUT2D eigenvalue weighted by molar-refractivity contribution is -0.116. The molecule has 0 fully saturated rings. The first-order valence-electron chi connectivity index (χ1n) is 8.51. The summed E-state index contributed by atoms with van der Waals surface area (Å²) in [7, 11) is -3.72. The molecule has 1 aromatic heterocycles. The van der Waals surface area contributed by atoms with E-state index in [2.05, 4.69) is 29.4 Å². The summed E-state index contributed by atoms with van der Waals surface area (Å²) < 4.78 is 26.5. The van der Waals surface area contributed by atoms with Crippen LogP contribution in [0.25, 0.3) is 0 Å². The van der Waals surface area contributed by atoms with Crippen LogP contribution in [0.5, 0.6) is 0 Å². The van der Waals surface area contributed by atoms with Gasteiger partial charge in [-0.2, -0.15) is 0 Å². The summed E-state index contributed by atoms with van der Waals surface area (Å²) in [6.07, 6.45) is 1.05. The predicted octanol–water partition coefficient (Wildman–Crippen LogP) is 4.04. The number of carbonyl (C=O) groups is 1. The molecular formula is C17H23ClN4O3S3. The van der Waals surface area contributed by atoms with Crippen molar-refractivity contribution in [3.63, 3.8) is 0 Å². The number of aryl methyl sites for hydroxylation is 1. The number of benzene rings is 1. The minimum atomic E-state index is -3.72. The summed E-state index contributed by atoms with van der Waals surface area (Å²) >= 11 is 8.96. The van der Waals surface area contributed by atoms with Gasteiger partial charge >= 0.3 is 0 Å². The molecule has 1 amide bonds. The molecule has 11 heteroatoms. The van der Waals surface area contributed by atoms with E-state index in [-0.39, 0.29) is 0 Å². The number of anilines is 2. The summed E-state index contributed by atoms with van der Waals surface area (Å²) in [6.45, 7) is 7.54. The van der Waals surface area contributed by atoms with Crippen LogP contribution in [0.3, 0.4) is 0 Å². The highest BCUT2D eigenvalue weighted by atomic mass is 35.5. The zero-order valence-corrected chi connectivity index (χ0v) is 19.5. The number of nitrogens with one attached hydrogen (secondary N) is 1. The lowest BCUT2D eigenvalue weighted by Crippen LogP contribution is -2.45. The Kier molecular flexibility index (Phi) is 7.72. The SMILES string of the molecule is Cc1ccc(N([C@@H](C)C(=O)Nc2nnc(SCC(C)C)s2)S(C)(=O)=O)cc1Cl. The summed E-state index contributed by atoms with van der Waals surface area (Å²) in [5.74, 6) is 0.907. The van der Waals surface area contributed by atoms with Crippen LogP contribution in [-0.4, -0.2) is 42.6 Å². The molecule has 28 heavy (non-hydrogen) atoms. The predicted molar refractivity (Wildman–Crippen MR) is 117 cm³/mol. The number of aromatic nitrogens is 2. The molecule has 0 unspecified atom stereocenters. The molecule has 2 rings (SSSR count). The van der Waals surface area contributed by atoms with Crippen molar-refractivity contribution in [2.75, 3.05) is 21.6 Å². The van der Waals surface area contributed by atoms with Gasteiger partial charge in [0, 0.05) is 10.8 Å². The average Bonchev–Trinajstić information content (AvgIpc) is 3.02. The van der Waals surface area contributed by atoms with Crippen LogP contribution in [0.15, 0.2) is 22.5 Å². The van der Waals surface area contributed by atoms with Gasteiger partial charge in [-0.15, -0.1) is 10.2 Å². The molecule has 0 radical (unpaired) electrons. The molecule has 0 aliphatic heterocycles. The number of hydrogen-bond acceptors (Lipinski definition) is 7. The molecule has 7 nitrogen and oxygen atoms in total. The van der Waals surface area contributed by atoms with E-state index >= 15 is 0 Å². The fourth-order valence-corrected chi connectivity index (χ4v) is 5.37. The van der Waals surface area contributed by atoms with Crippen LogP contribution in [0.4, 0.5) is 10.8 Å². The van der Waals surface area contributed by atoms with Crippen LogP contribution in [0.1, 0.15) is 26.3 Å². The number of thioether (sulfide) groups is 1. The molecule has 1 N–H and O–H groups in total. The molecule has 1 heterocycles. The Hall–Kier alpha value is -1.36. The van der Waals surface area contributed by atoms with Gasteiger partial charge in [0.25, 0.3) is 0 Å². The van der Waals surface area contributed by atoms with Crippen molar-refractivity contribution in [1.29, 1.82) is 0 Å². The average molecular weight is 463 g/mol. The number of nitrogens with zero attached hydrogens (tertiary/aromatic N) is 3. The molecule has 2 aromatic rings. The zero-order chi connectivity index (χ0) is 21.1. The number of carbonyl (C=O) groups excluding carboxylic acids is 1. The lowest BCUT2D eigenvalue weighted by atomic mass is 10.2. The smallest absolute Gasteiger partial charge is 0.249 e. The summed E-state index contributed by atoms with van der Waals surface area (Å²) in [5, 5.41) is 11.4. The van der Waals surface area contributed by atoms with Gasteiger partial charge in [0.1, 0.15) is 6.04 Å². The standard InChI is InChI=1S/C17H23ClN4O3S3/c1-10(2)9-26-17-21-20-16(27-17)19-15(23)12(4)22(28(5,24)25)13-7-6-11(3)14(18)8-13/h6-8,10,12H,9H2,1-5H3,(H,19,20,23)/t12-/m0/s1. The van der Waals surface area contributed by atoms with Gasteiger partial charge in [-0.3, -0.25) is 14.4 Å².